The van der Waals surface area contributed by atoms with Gasteiger partial charge < -0.3 is 5.11 Å². The van der Waals surface area contributed by atoms with Crippen LogP contribution in [0.15, 0.2) is 12.1 Å². The van der Waals surface area contributed by atoms with E-state index in [1.165, 1.54) is 0 Å². The molecule has 0 aromatic heterocycles. The third-order valence-corrected chi connectivity index (χ3v) is 2.86. The Morgan fingerprint density at radius 1 is 1.43 bits per heavy atom. The summed E-state index contributed by atoms with van der Waals surface area (Å²) < 4.78 is 34.4. The van der Waals surface area contributed by atoms with Gasteiger partial charge in [0.2, 0.25) is 9.05 Å². The third-order valence-electron chi connectivity index (χ3n) is 1.48. The minimum atomic E-state index is -3.90. The lowest BCUT2D eigenvalue weighted by Crippen LogP contribution is -1.99. The molecule has 1 rings (SSSR count). The van der Waals surface area contributed by atoms with Crippen molar-refractivity contribution in [2.45, 2.75) is 5.75 Å². The molecule has 0 bridgehead atoms. The van der Waals surface area contributed by atoms with Gasteiger partial charge in [-0.15, -0.1) is 0 Å². The van der Waals surface area contributed by atoms with Gasteiger partial charge in [0.15, 0.2) is 0 Å². The Balaban J connectivity index is 3.27. The molecular weight excluding hydrogens is 254 g/mol. The molecule has 7 heteroatoms. The molecule has 0 saturated heterocycles. The fourth-order valence-corrected chi connectivity index (χ4v) is 2.14. The van der Waals surface area contributed by atoms with Gasteiger partial charge in [-0.2, -0.15) is 0 Å². The second-order valence-corrected chi connectivity index (χ2v) is 5.70. The van der Waals surface area contributed by atoms with Crippen LogP contribution in [0.1, 0.15) is 5.56 Å². The normalized spacial score (nSPS) is 11.6. The summed E-state index contributed by atoms with van der Waals surface area (Å²) in [5.41, 5.74) is -0.332. The van der Waals surface area contributed by atoms with E-state index in [1.54, 1.807) is 0 Å². The van der Waals surface area contributed by atoms with E-state index >= 15 is 0 Å². The van der Waals surface area contributed by atoms with Crippen molar-refractivity contribution in [3.05, 3.63) is 28.5 Å². The molecule has 1 aromatic carbocycles. The Hall–Kier alpha value is -0.520. The predicted molar refractivity (Wildman–Crippen MR) is 51.6 cm³/mol. The first-order chi connectivity index (χ1) is 6.31. The largest absolute Gasteiger partial charge is 0.506 e. The minimum absolute atomic E-state index is 0.332. The lowest BCUT2D eigenvalue weighted by atomic mass is 10.2. The maximum atomic E-state index is 13.0. The first-order valence-corrected chi connectivity index (χ1v) is 6.25. The number of aromatic hydroxyl groups is 1. The van der Waals surface area contributed by atoms with Gasteiger partial charge in [0.05, 0.1) is 10.8 Å². The summed E-state index contributed by atoms with van der Waals surface area (Å²) in [4.78, 5) is 0. The van der Waals surface area contributed by atoms with Crippen molar-refractivity contribution in [1.82, 2.24) is 0 Å². The van der Waals surface area contributed by atoms with Crippen molar-refractivity contribution in [2.75, 3.05) is 0 Å². The van der Waals surface area contributed by atoms with Gasteiger partial charge in [-0.05, 0) is 12.1 Å². The molecular formula is C7H5Cl2FO3S. The summed E-state index contributed by atoms with van der Waals surface area (Å²) in [7, 11) is 1.03. The molecule has 0 heterocycles. The number of benzene rings is 1. The molecule has 1 N–H and O–H groups in total. The topological polar surface area (TPSA) is 54.4 Å². The van der Waals surface area contributed by atoms with Crippen LogP contribution in [-0.2, 0) is 14.8 Å². The molecule has 0 spiro atoms. The van der Waals surface area contributed by atoms with Gasteiger partial charge in [-0.3, -0.25) is 0 Å². The summed E-state index contributed by atoms with van der Waals surface area (Å²) in [6.07, 6.45) is 0. The van der Waals surface area contributed by atoms with Crippen LogP contribution in [0.25, 0.3) is 0 Å². The predicted octanol–water partition coefficient (Wildman–Crippen LogP) is 2.25. The van der Waals surface area contributed by atoms with Crippen molar-refractivity contribution in [1.29, 1.82) is 0 Å². The molecule has 0 atom stereocenters. The van der Waals surface area contributed by atoms with E-state index < -0.39 is 20.6 Å². The van der Waals surface area contributed by atoms with Crippen molar-refractivity contribution < 1.29 is 17.9 Å². The average molecular weight is 259 g/mol. The van der Waals surface area contributed by atoms with Crippen LogP contribution in [0.5, 0.6) is 5.75 Å². The van der Waals surface area contributed by atoms with E-state index in [4.69, 9.17) is 27.4 Å². The lowest BCUT2D eigenvalue weighted by Gasteiger charge is -2.04. The maximum absolute atomic E-state index is 13.0. The van der Waals surface area contributed by atoms with E-state index in [0.717, 1.165) is 12.1 Å². The van der Waals surface area contributed by atoms with Crippen LogP contribution in [-0.4, -0.2) is 13.5 Å². The Morgan fingerprint density at radius 3 is 2.50 bits per heavy atom. The number of hydrogen-bond acceptors (Lipinski definition) is 3. The van der Waals surface area contributed by atoms with Crippen LogP contribution in [0.2, 0.25) is 5.02 Å². The van der Waals surface area contributed by atoms with E-state index in [0.29, 0.717) is 0 Å². The molecule has 0 saturated carbocycles. The Morgan fingerprint density at radius 2 is 2.00 bits per heavy atom. The fourth-order valence-electron chi connectivity index (χ4n) is 0.890. The van der Waals surface area contributed by atoms with Crippen LogP contribution >= 0.6 is 22.3 Å². The van der Waals surface area contributed by atoms with E-state index in [-0.39, 0.29) is 16.3 Å². The standard InChI is InChI=1S/C7H5Cl2FO3S/c8-7-4(3-14(9,12)13)5(10)1-2-6(7)11/h1-2,11H,3H2. The average Bonchev–Trinajstić information content (AvgIpc) is 2.04. The summed E-state index contributed by atoms with van der Waals surface area (Å²) >= 11 is 5.49. The maximum Gasteiger partial charge on any atom is 0.236 e. The first-order valence-electron chi connectivity index (χ1n) is 3.39. The monoisotopic (exact) mass is 258 g/mol. The second kappa shape index (κ2) is 3.92. The second-order valence-electron chi connectivity index (χ2n) is 2.54. The summed E-state index contributed by atoms with van der Waals surface area (Å²) in [5.74, 6) is -1.96. The van der Waals surface area contributed by atoms with Crippen molar-refractivity contribution in [2.24, 2.45) is 0 Å². The summed E-state index contributed by atoms with van der Waals surface area (Å²) in [5, 5.41) is 8.75. The van der Waals surface area contributed by atoms with Gasteiger partial charge >= 0.3 is 0 Å². The Bertz CT molecular complexity index is 458. The molecule has 78 valence electrons. The zero-order chi connectivity index (χ0) is 10.9. The van der Waals surface area contributed by atoms with Crippen LogP contribution < -0.4 is 0 Å². The first kappa shape index (κ1) is 11.6. The van der Waals surface area contributed by atoms with Gasteiger partial charge in [0, 0.05) is 16.2 Å². The fraction of sp³-hybridized carbons (Fsp3) is 0.143. The van der Waals surface area contributed by atoms with Crippen molar-refractivity contribution in [3.63, 3.8) is 0 Å². The SMILES string of the molecule is O=S(=O)(Cl)Cc1c(F)ccc(O)c1Cl. The molecule has 0 aliphatic rings. The van der Waals surface area contributed by atoms with Gasteiger partial charge in [-0.1, -0.05) is 11.6 Å². The lowest BCUT2D eigenvalue weighted by molar-refractivity contribution is 0.472. The number of phenolic OH excluding ortho intramolecular Hbond substituents is 1. The highest BCUT2D eigenvalue weighted by molar-refractivity contribution is 8.13. The number of phenols is 1. The third kappa shape index (κ3) is 2.73. The Kier molecular flexibility index (Phi) is 3.24. The van der Waals surface area contributed by atoms with Crippen molar-refractivity contribution >= 4 is 31.3 Å². The highest BCUT2D eigenvalue weighted by atomic mass is 35.7. The molecule has 1 aromatic rings. The van der Waals surface area contributed by atoms with Crippen LogP contribution in [0.4, 0.5) is 4.39 Å². The molecule has 0 aliphatic carbocycles. The zero-order valence-corrected chi connectivity index (χ0v) is 9.00. The van der Waals surface area contributed by atoms with Gasteiger partial charge in [0.25, 0.3) is 0 Å². The molecule has 0 unspecified atom stereocenters. The minimum Gasteiger partial charge on any atom is -0.506 e. The van der Waals surface area contributed by atoms with Gasteiger partial charge in [-0.25, -0.2) is 12.8 Å². The molecule has 14 heavy (non-hydrogen) atoms. The number of hydrogen-bond donors (Lipinski definition) is 1. The molecule has 3 nitrogen and oxygen atoms in total. The van der Waals surface area contributed by atoms with Crippen LogP contribution in [0.3, 0.4) is 0 Å². The van der Waals surface area contributed by atoms with E-state index in [2.05, 4.69) is 0 Å². The summed E-state index contributed by atoms with van der Waals surface area (Å²) in [6.45, 7) is 0. The number of halogens is 3. The highest BCUT2D eigenvalue weighted by Crippen LogP contribution is 2.30. The molecule has 0 fully saturated rings. The quantitative estimate of drug-likeness (QED) is 0.829. The highest BCUT2D eigenvalue weighted by Gasteiger charge is 2.17. The van der Waals surface area contributed by atoms with E-state index in [9.17, 15) is 12.8 Å². The molecule has 0 aliphatic heterocycles. The summed E-state index contributed by atoms with van der Waals surface area (Å²) in [6, 6.07) is 1.95. The zero-order valence-electron chi connectivity index (χ0n) is 6.67. The Labute approximate surface area is 89.5 Å². The molecule has 0 amide bonds. The van der Waals surface area contributed by atoms with Gasteiger partial charge in [0.1, 0.15) is 11.6 Å². The smallest absolute Gasteiger partial charge is 0.236 e. The van der Waals surface area contributed by atoms with Crippen LogP contribution in [0, 0.1) is 5.82 Å². The van der Waals surface area contributed by atoms with Crippen molar-refractivity contribution in [3.8, 4) is 5.75 Å². The molecule has 0 radical (unpaired) electrons. The number of rotatable bonds is 2. The van der Waals surface area contributed by atoms with E-state index in [1.807, 2.05) is 0 Å².